The summed E-state index contributed by atoms with van der Waals surface area (Å²) in [6.45, 7) is 7.93. The van der Waals surface area contributed by atoms with Crippen LogP contribution >= 0.6 is 0 Å². The van der Waals surface area contributed by atoms with E-state index in [4.69, 9.17) is 5.73 Å². The van der Waals surface area contributed by atoms with E-state index in [0.717, 1.165) is 19.4 Å². The van der Waals surface area contributed by atoms with E-state index in [-0.39, 0.29) is 11.4 Å². The number of carbonyl (C=O) groups is 1. The van der Waals surface area contributed by atoms with Crippen LogP contribution in [0.5, 0.6) is 0 Å². The molecule has 0 aliphatic carbocycles. The standard InChI is InChI=1S/C11H22N2O/c1-4-5-11(2,3)13-8-9(7-12)6-10(13)14/h9H,4-8,12H2,1-3H3. The normalized spacial score (nSPS) is 23.3. The molecule has 3 heteroatoms. The minimum atomic E-state index is 0.00968. The van der Waals surface area contributed by atoms with E-state index in [2.05, 4.69) is 20.8 Å². The lowest BCUT2D eigenvalue weighted by Crippen LogP contribution is -2.45. The van der Waals surface area contributed by atoms with E-state index in [0.29, 0.717) is 18.9 Å². The Kier molecular flexibility index (Phi) is 3.53. The Morgan fingerprint density at radius 3 is 2.64 bits per heavy atom. The van der Waals surface area contributed by atoms with Crippen LogP contribution in [0.1, 0.15) is 40.0 Å². The van der Waals surface area contributed by atoms with Crippen molar-refractivity contribution in [3.8, 4) is 0 Å². The number of amides is 1. The molecule has 82 valence electrons. The zero-order valence-electron chi connectivity index (χ0n) is 9.55. The van der Waals surface area contributed by atoms with Gasteiger partial charge in [0, 0.05) is 18.5 Å². The van der Waals surface area contributed by atoms with Crippen LogP contribution in [0, 0.1) is 5.92 Å². The van der Waals surface area contributed by atoms with E-state index in [1.54, 1.807) is 0 Å². The Morgan fingerprint density at radius 2 is 2.21 bits per heavy atom. The van der Waals surface area contributed by atoms with E-state index in [1.165, 1.54) is 0 Å². The summed E-state index contributed by atoms with van der Waals surface area (Å²) in [5.74, 6) is 0.650. The lowest BCUT2D eigenvalue weighted by molar-refractivity contribution is -0.132. The molecule has 14 heavy (non-hydrogen) atoms. The number of nitrogens with two attached hydrogens (primary N) is 1. The highest BCUT2D eigenvalue weighted by atomic mass is 16.2. The van der Waals surface area contributed by atoms with Gasteiger partial charge >= 0.3 is 0 Å². The molecule has 3 nitrogen and oxygen atoms in total. The first-order valence-electron chi connectivity index (χ1n) is 5.51. The summed E-state index contributed by atoms with van der Waals surface area (Å²) in [5.41, 5.74) is 5.61. The average molecular weight is 198 g/mol. The van der Waals surface area contributed by atoms with Crippen LogP contribution < -0.4 is 5.73 Å². The number of carbonyl (C=O) groups excluding carboxylic acids is 1. The topological polar surface area (TPSA) is 46.3 Å². The highest BCUT2D eigenvalue weighted by molar-refractivity contribution is 5.79. The van der Waals surface area contributed by atoms with Gasteiger partial charge in [-0.3, -0.25) is 4.79 Å². The van der Waals surface area contributed by atoms with Crippen LogP contribution in [-0.4, -0.2) is 29.4 Å². The molecule has 1 aliphatic heterocycles. The summed E-state index contributed by atoms with van der Waals surface area (Å²) < 4.78 is 0. The van der Waals surface area contributed by atoms with E-state index < -0.39 is 0 Å². The zero-order valence-corrected chi connectivity index (χ0v) is 9.55. The summed E-state index contributed by atoms with van der Waals surface area (Å²) >= 11 is 0. The molecule has 0 bridgehead atoms. The number of hydrogen-bond donors (Lipinski definition) is 1. The lowest BCUT2D eigenvalue weighted by Gasteiger charge is -2.35. The smallest absolute Gasteiger partial charge is 0.223 e. The molecule has 0 radical (unpaired) electrons. The molecule has 1 saturated heterocycles. The Balaban J connectivity index is 2.64. The second-order valence-corrected chi connectivity index (χ2v) is 4.87. The Bertz CT molecular complexity index is 213. The van der Waals surface area contributed by atoms with Crippen molar-refractivity contribution in [2.24, 2.45) is 11.7 Å². The number of likely N-dealkylation sites (tertiary alicyclic amines) is 1. The van der Waals surface area contributed by atoms with Crippen molar-refractivity contribution in [2.75, 3.05) is 13.1 Å². The molecule has 0 aromatic rings. The maximum Gasteiger partial charge on any atom is 0.223 e. The predicted molar refractivity (Wildman–Crippen MR) is 57.9 cm³/mol. The summed E-state index contributed by atoms with van der Waals surface area (Å²) in [6, 6.07) is 0. The van der Waals surface area contributed by atoms with Gasteiger partial charge in [-0.15, -0.1) is 0 Å². The van der Waals surface area contributed by atoms with E-state index >= 15 is 0 Å². The van der Waals surface area contributed by atoms with Crippen molar-refractivity contribution in [1.29, 1.82) is 0 Å². The van der Waals surface area contributed by atoms with Gasteiger partial charge in [-0.05, 0) is 32.7 Å². The Hall–Kier alpha value is -0.570. The highest BCUT2D eigenvalue weighted by Crippen LogP contribution is 2.28. The molecule has 1 rings (SSSR count). The SMILES string of the molecule is CCCC(C)(C)N1CC(CN)CC1=O. The minimum Gasteiger partial charge on any atom is -0.337 e. The van der Waals surface area contributed by atoms with Crippen molar-refractivity contribution in [2.45, 2.75) is 45.6 Å². The van der Waals surface area contributed by atoms with Gasteiger partial charge in [0.2, 0.25) is 5.91 Å². The van der Waals surface area contributed by atoms with Gasteiger partial charge < -0.3 is 10.6 Å². The fraction of sp³-hybridized carbons (Fsp3) is 0.909. The van der Waals surface area contributed by atoms with Crippen LogP contribution in [0.4, 0.5) is 0 Å². The lowest BCUT2D eigenvalue weighted by atomic mass is 9.97. The molecule has 1 atom stereocenters. The third-order valence-electron chi connectivity index (χ3n) is 3.13. The van der Waals surface area contributed by atoms with Crippen LogP contribution in [0.2, 0.25) is 0 Å². The molecule has 0 spiro atoms. The molecule has 1 amide bonds. The molecule has 0 aromatic heterocycles. The molecule has 1 heterocycles. The van der Waals surface area contributed by atoms with Crippen molar-refractivity contribution >= 4 is 5.91 Å². The summed E-state index contributed by atoms with van der Waals surface area (Å²) in [6.07, 6.45) is 2.82. The quantitative estimate of drug-likeness (QED) is 0.741. The molecule has 1 fully saturated rings. The maximum atomic E-state index is 11.7. The van der Waals surface area contributed by atoms with Crippen LogP contribution in [-0.2, 0) is 4.79 Å². The number of hydrogen-bond acceptors (Lipinski definition) is 2. The third-order valence-corrected chi connectivity index (χ3v) is 3.13. The number of rotatable bonds is 4. The average Bonchev–Trinajstić information content (AvgIpc) is 2.47. The van der Waals surface area contributed by atoms with Crippen molar-refractivity contribution in [3.63, 3.8) is 0 Å². The van der Waals surface area contributed by atoms with Crippen molar-refractivity contribution in [3.05, 3.63) is 0 Å². The summed E-state index contributed by atoms with van der Waals surface area (Å²) in [7, 11) is 0. The second-order valence-electron chi connectivity index (χ2n) is 4.87. The minimum absolute atomic E-state index is 0.00968. The summed E-state index contributed by atoms with van der Waals surface area (Å²) in [4.78, 5) is 13.7. The fourth-order valence-corrected chi connectivity index (χ4v) is 2.27. The molecule has 1 unspecified atom stereocenters. The van der Waals surface area contributed by atoms with E-state index in [9.17, 15) is 4.79 Å². The first kappa shape index (κ1) is 11.5. The van der Waals surface area contributed by atoms with Crippen LogP contribution in [0.25, 0.3) is 0 Å². The fourth-order valence-electron chi connectivity index (χ4n) is 2.27. The van der Waals surface area contributed by atoms with Gasteiger partial charge in [0.05, 0.1) is 0 Å². The summed E-state index contributed by atoms with van der Waals surface area (Å²) in [5, 5.41) is 0. The van der Waals surface area contributed by atoms with Gasteiger partial charge in [0.1, 0.15) is 0 Å². The number of nitrogens with zero attached hydrogens (tertiary/aromatic N) is 1. The molecule has 0 aromatic carbocycles. The first-order chi connectivity index (χ1) is 6.51. The van der Waals surface area contributed by atoms with E-state index in [1.807, 2.05) is 4.90 Å². The second kappa shape index (κ2) is 4.30. The molecule has 2 N–H and O–H groups in total. The van der Waals surface area contributed by atoms with Crippen LogP contribution in [0.3, 0.4) is 0 Å². The van der Waals surface area contributed by atoms with Gasteiger partial charge in [0.15, 0.2) is 0 Å². The highest BCUT2D eigenvalue weighted by Gasteiger charge is 2.37. The zero-order chi connectivity index (χ0) is 10.8. The molecule has 1 aliphatic rings. The van der Waals surface area contributed by atoms with Crippen LogP contribution in [0.15, 0.2) is 0 Å². The van der Waals surface area contributed by atoms with Gasteiger partial charge in [-0.1, -0.05) is 13.3 Å². The maximum absolute atomic E-state index is 11.7. The van der Waals surface area contributed by atoms with Crippen molar-refractivity contribution in [1.82, 2.24) is 4.90 Å². The first-order valence-corrected chi connectivity index (χ1v) is 5.51. The predicted octanol–water partition coefficient (Wildman–Crippen LogP) is 1.37. The van der Waals surface area contributed by atoms with Gasteiger partial charge in [0.25, 0.3) is 0 Å². The Labute approximate surface area is 86.6 Å². The molecular weight excluding hydrogens is 176 g/mol. The Morgan fingerprint density at radius 1 is 1.57 bits per heavy atom. The third kappa shape index (κ3) is 2.27. The molecular formula is C11H22N2O. The largest absolute Gasteiger partial charge is 0.337 e. The van der Waals surface area contributed by atoms with Gasteiger partial charge in [-0.25, -0.2) is 0 Å². The van der Waals surface area contributed by atoms with Gasteiger partial charge in [-0.2, -0.15) is 0 Å². The van der Waals surface area contributed by atoms with Crippen molar-refractivity contribution < 1.29 is 4.79 Å². The molecule has 0 saturated carbocycles. The monoisotopic (exact) mass is 198 g/mol.